The van der Waals surface area contributed by atoms with Crippen LogP contribution in [0.25, 0.3) is 16.5 Å². The van der Waals surface area contributed by atoms with Gasteiger partial charge in [-0.25, -0.2) is 4.98 Å². The molecule has 0 saturated carbocycles. The molecule has 2 N–H and O–H groups in total. The maximum absolute atomic E-state index is 13.2. The van der Waals surface area contributed by atoms with Crippen LogP contribution in [0.4, 0.5) is 5.82 Å². The van der Waals surface area contributed by atoms with Crippen molar-refractivity contribution < 1.29 is 14.3 Å². The Balaban J connectivity index is 1.26. The Hall–Kier alpha value is -4.70. The van der Waals surface area contributed by atoms with Gasteiger partial charge in [-0.1, -0.05) is 48.5 Å². The molecule has 0 fully saturated rings. The van der Waals surface area contributed by atoms with Crippen LogP contribution < -0.4 is 20.3 Å². The van der Waals surface area contributed by atoms with E-state index in [1.54, 1.807) is 19.1 Å². The van der Waals surface area contributed by atoms with Crippen molar-refractivity contribution in [1.29, 1.82) is 0 Å². The maximum atomic E-state index is 13.2. The average Bonchev–Trinajstić information content (AvgIpc) is 3.68. The Morgan fingerprint density at radius 1 is 1.15 bits per heavy atom. The van der Waals surface area contributed by atoms with Crippen LogP contribution >= 0.6 is 11.3 Å². The van der Waals surface area contributed by atoms with E-state index in [1.165, 1.54) is 16.0 Å². The molecule has 0 radical (unpaired) electrons. The summed E-state index contributed by atoms with van der Waals surface area (Å²) in [5.41, 5.74) is 3.28. The third-order valence-electron chi connectivity index (χ3n) is 6.80. The summed E-state index contributed by atoms with van der Waals surface area (Å²) >= 11 is 1.52. The SMILES string of the molecule is Cc1nc(-n2nc(-c3cccs3)cc2NC(=O)COc2cccc3c2OC(C)(C)C3)[nH]c(=O)c1Cc1ccccc1. The minimum absolute atomic E-state index is 0.208. The van der Waals surface area contributed by atoms with Crippen LogP contribution in [0.5, 0.6) is 11.5 Å². The van der Waals surface area contributed by atoms with Crippen molar-refractivity contribution in [3.63, 3.8) is 0 Å². The first-order chi connectivity index (χ1) is 19.8. The molecule has 2 aromatic carbocycles. The summed E-state index contributed by atoms with van der Waals surface area (Å²) in [5.74, 6) is 1.36. The van der Waals surface area contributed by atoms with E-state index in [0.717, 1.165) is 22.4 Å². The number of rotatable bonds is 8. The molecular weight excluding hydrogens is 538 g/mol. The molecule has 3 aromatic heterocycles. The predicted molar refractivity (Wildman–Crippen MR) is 158 cm³/mol. The lowest BCUT2D eigenvalue weighted by molar-refractivity contribution is -0.118. The summed E-state index contributed by atoms with van der Waals surface area (Å²) in [4.78, 5) is 34.7. The van der Waals surface area contributed by atoms with Gasteiger partial charge in [-0.05, 0) is 43.8 Å². The lowest BCUT2D eigenvalue weighted by Crippen LogP contribution is -2.25. The molecule has 4 heterocycles. The molecule has 0 saturated heterocycles. The second kappa shape index (κ2) is 10.7. The number of carbonyl (C=O) groups is 1. The number of fused-ring (bicyclic) bond motifs is 1. The van der Waals surface area contributed by atoms with E-state index < -0.39 is 5.91 Å². The zero-order valence-electron chi connectivity index (χ0n) is 22.9. The minimum Gasteiger partial charge on any atom is -0.483 e. The molecule has 5 aromatic rings. The monoisotopic (exact) mass is 567 g/mol. The molecular formula is C31H29N5O4S. The second-order valence-corrected chi connectivity index (χ2v) is 11.5. The van der Waals surface area contributed by atoms with Crippen molar-refractivity contribution in [2.24, 2.45) is 0 Å². The molecule has 1 amide bonds. The van der Waals surface area contributed by atoms with E-state index in [-0.39, 0.29) is 23.7 Å². The number of para-hydroxylation sites is 1. The van der Waals surface area contributed by atoms with Crippen molar-refractivity contribution >= 4 is 23.1 Å². The van der Waals surface area contributed by atoms with E-state index >= 15 is 0 Å². The zero-order valence-corrected chi connectivity index (χ0v) is 23.7. The number of H-pyrrole nitrogens is 1. The Morgan fingerprint density at radius 2 is 1.98 bits per heavy atom. The highest BCUT2D eigenvalue weighted by molar-refractivity contribution is 7.13. The lowest BCUT2D eigenvalue weighted by atomic mass is 10.0. The van der Waals surface area contributed by atoms with Crippen molar-refractivity contribution in [1.82, 2.24) is 19.7 Å². The third-order valence-corrected chi connectivity index (χ3v) is 7.69. The minimum atomic E-state index is -0.390. The first-order valence-electron chi connectivity index (χ1n) is 13.3. The summed E-state index contributed by atoms with van der Waals surface area (Å²) in [6, 6.07) is 21.1. The molecule has 0 unspecified atom stereocenters. The number of ether oxygens (including phenoxy) is 2. The fourth-order valence-corrected chi connectivity index (χ4v) is 5.59. The summed E-state index contributed by atoms with van der Waals surface area (Å²) in [6.07, 6.45) is 1.23. The molecule has 1 aliphatic rings. The number of hydrogen-bond donors (Lipinski definition) is 2. The van der Waals surface area contributed by atoms with Gasteiger partial charge < -0.3 is 14.8 Å². The molecule has 10 heteroatoms. The fourth-order valence-electron chi connectivity index (χ4n) is 4.90. The number of aromatic amines is 1. The van der Waals surface area contributed by atoms with E-state index in [9.17, 15) is 9.59 Å². The lowest BCUT2D eigenvalue weighted by Gasteiger charge is -2.18. The highest BCUT2D eigenvalue weighted by Gasteiger charge is 2.32. The average molecular weight is 568 g/mol. The first-order valence-corrected chi connectivity index (χ1v) is 14.2. The molecule has 9 nitrogen and oxygen atoms in total. The smallest absolute Gasteiger partial charge is 0.263 e. The van der Waals surface area contributed by atoms with Gasteiger partial charge in [0.15, 0.2) is 18.1 Å². The number of aromatic nitrogens is 4. The van der Waals surface area contributed by atoms with Crippen LogP contribution in [0, 0.1) is 6.92 Å². The normalized spacial score (nSPS) is 13.4. The van der Waals surface area contributed by atoms with Crippen molar-refractivity contribution in [3.05, 3.63) is 105 Å². The van der Waals surface area contributed by atoms with Crippen molar-refractivity contribution in [3.8, 4) is 28.0 Å². The highest BCUT2D eigenvalue weighted by Crippen LogP contribution is 2.41. The van der Waals surface area contributed by atoms with Gasteiger partial charge in [0.25, 0.3) is 11.5 Å². The zero-order chi connectivity index (χ0) is 28.6. The van der Waals surface area contributed by atoms with E-state index in [0.29, 0.717) is 40.7 Å². The molecule has 0 atom stereocenters. The summed E-state index contributed by atoms with van der Waals surface area (Å²) in [6.45, 7) is 5.60. The molecule has 41 heavy (non-hydrogen) atoms. The maximum Gasteiger partial charge on any atom is 0.263 e. The predicted octanol–water partition coefficient (Wildman–Crippen LogP) is 5.31. The first kappa shape index (κ1) is 26.5. The van der Waals surface area contributed by atoms with Crippen LogP contribution in [0.2, 0.25) is 0 Å². The van der Waals surface area contributed by atoms with Gasteiger partial charge in [-0.3, -0.25) is 14.6 Å². The van der Waals surface area contributed by atoms with Crippen LogP contribution in [-0.4, -0.2) is 37.9 Å². The van der Waals surface area contributed by atoms with Gasteiger partial charge in [0, 0.05) is 30.0 Å². The van der Waals surface area contributed by atoms with Gasteiger partial charge in [-0.2, -0.15) is 9.78 Å². The van der Waals surface area contributed by atoms with E-state index in [1.807, 2.05) is 73.8 Å². The third kappa shape index (κ3) is 5.64. The fraction of sp³-hybridized carbons (Fsp3) is 0.226. The summed E-state index contributed by atoms with van der Waals surface area (Å²) in [5, 5.41) is 9.50. The molecule has 6 rings (SSSR count). The number of anilines is 1. The number of nitrogens with one attached hydrogen (secondary N) is 2. The van der Waals surface area contributed by atoms with Gasteiger partial charge in [0.1, 0.15) is 17.1 Å². The quantitative estimate of drug-likeness (QED) is 0.263. The van der Waals surface area contributed by atoms with Gasteiger partial charge >= 0.3 is 0 Å². The van der Waals surface area contributed by atoms with Crippen LogP contribution in [0.3, 0.4) is 0 Å². The summed E-state index contributed by atoms with van der Waals surface area (Å²) < 4.78 is 13.4. The molecule has 208 valence electrons. The van der Waals surface area contributed by atoms with Crippen molar-refractivity contribution in [2.75, 3.05) is 11.9 Å². The topological polar surface area (TPSA) is 111 Å². The molecule has 0 aliphatic carbocycles. The number of aryl methyl sites for hydroxylation is 1. The van der Waals surface area contributed by atoms with E-state index in [2.05, 4.69) is 20.4 Å². The van der Waals surface area contributed by atoms with E-state index in [4.69, 9.17) is 9.47 Å². The number of hydrogen-bond acceptors (Lipinski definition) is 7. The Kier molecular flexibility index (Phi) is 6.92. The standard InChI is InChI=1S/C31H29N5O4S/c1-19-22(15-20-9-5-4-6-10-20)29(38)34-30(32-19)36-26(16-23(35-36)25-13-8-14-41-25)33-27(37)18-39-24-12-7-11-21-17-31(2,3)40-28(21)24/h4-14,16H,15,17-18H2,1-3H3,(H,33,37)(H,32,34,38). The Labute approximate surface area is 240 Å². The number of carbonyl (C=O) groups excluding carboxylic acids is 1. The number of benzene rings is 2. The van der Waals surface area contributed by atoms with Gasteiger partial charge in [0.05, 0.1) is 10.6 Å². The Morgan fingerprint density at radius 3 is 2.73 bits per heavy atom. The summed E-state index contributed by atoms with van der Waals surface area (Å²) in [7, 11) is 0. The van der Waals surface area contributed by atoms with Crippen LogP contribution in [-0.2, 0) is 17.6 Å². The largest absolute Gasteiger partial charge is 0.483 e. The highest BCUT2D eigenvalue weighted by atomic mass is 32.1. The van der Waals surface area contributed by atoms with Gasteiger partial charge in [0.2, 0.25) is 5.95 Å². The van der Waals surface area contributed by atoms with Crippen molar-refractivity contribution in [2.45, 2.75) is 39.2 Å². The van der Waals surface area contributed by atoms with Crippen LogP contribution in [0.15, 0.2) is 76.9 Å². The number of amides is 1. The molecule has 0 bridgehead atoms. The van der Waals surface area contributed by atoms with Crippen LogP contribution in [0.1, 0.15) is 36.2 Å². The number of thiophene rings is 1. The number of nitrogens with zero attached hydrogens (tertiary/aromatic N) is 3. The molecule has 0 spiro atoms. The van der Waals surface area contributed by atoms with Gasteiger partial charge in [-0.15, -0.1) is 11.3 Å². The Bertz CT molecular complexity index is 1770. The second-order valence-electron chi connectivity index (χ2n) is 10.5. The molecule has 1 aliphatic heterocycles.